The van der Waals surface area contributed by atoms with Gasteiger partial charge < -0.3 is 11.1 Å². The van der Waals surface area contributed by atoms with Gasteiger partial charge in [0.2, 0.25) is 0 Å². The van der Waals surface area contributed by atoms with E-state index >= 15 is 0 Å². The summed E-state index contributed by atoms with van der Waals surface area (Å²) in [5.41, 5.74) is 6.33. The predicted octanol–water partition coefficient (Wildman–Crippen LogP) is 0.0193. The smallest absolute Gasteiger partial charge is 0.269 e. The van der Waals surface area contributed by atoms with Gasteiger partial charge in [0.05, 0.1) is 0 Å². The molecule has 2 unspecified atom stereocenters. The van der Waals surface area contributed by atoms with E-state index in [0.717, 1.165) is 19.3 Å². The highest BCUT2D eigenvalue weighted by Gasteiger charge is 2.25. The van der Waals surface area contributed by atoms with Crippen LogP contribution in [0.2, 0.25) is 0 Å². The molecule has 0 aromatic carbocycles. The number of rotatable bonds is 2. The second kappa shape index (κ2) is 3.79. The summed E-state index contributed by atoms with van der Waals surface area (Å²) in [6, 6.07) is 1.86. The molecule has 2 atom stereocenters. The Morgan fingerprint density at radius 2 is 2.50 bits per heavy atom. The van der Waals surface area contributed by atoms with Gasteiger partial charge in [0.15, 0.2) is 0 Å². The molecule has 1 saturated carbocycles. The number of hydrogen-bond donors (Lipinski definition) is 3. The van der Waals surface area contributed by atoms with Crippen LogP contribution >= 0.6 is 0 Å². The number of carbonyl (C=O) groups excluding carboxylic acids is 1. The zero-order valence-corrected chi connectivity index (χ0v) is 7.86. The highest BCUT2D eigenvalue weighted by atomic mass is 16.2. The van der Waals surface area contributed by atoms with Crippen molar-refractivity contribution in [2.24, 2.45) is 5.73 Å². The first-order chi connectivity index (χ1) is 6.77. The lowest BCUT2D eigenvalue weighted by atomic mass is 10.2. The maximum absolute atomic E-state index is 11.6. The number of amides is 1. The van der Waals surface area contributed by atoms with Crippen molar-refractivity contribution >= 4 is 5.91 Å². The minimum atomic E-state index is -0.121. The van der Waals surface area contributed by atoms with E-state index in [1.807, 2.05) is 0 Å². The van der Waals surface area contributed by atoms with Crippen molar-refractivity contribution in [1.82, 2.24) is 15.5 Å². The van der Waals surface area contributed by atoms with Crippen molar-refractivity contribution in [1.29, 1.82) is 0 Å². The molecule has 0 bridgehead atoms. The standard InChI is InChI=1S/C9H14N4O/c10-6-2-1-3-7(6)12-9(14)8-4-5-11-13-8/h4-7H,1-3,10H2,(H,11,13)(H,12,14). The predicted molar refractivity (Wildman–Crippen MR) is 51.7 cm³/mol. The molecule has 0 spiro atoms. The van der Waals surface area contributed by atoms with Crippen LogP contribution in [0.4, 0.5) is 0 Å². The van der Waals surface area contributed by atoms with Crippen LogP contribution in [-0.2, 0) is 0 Å². The summed E-state index contributed by atoms with van der Waals surface area (Å²) in [5.74, 6) is -0.121. The molecule has 14 heavy (non-hydrogen) atoms. The molecule has 5 nitrogen and oxygen atoms in total. The van der Waals surface area contributed by atoms with Crippen molar-refractivity contribution in [3.05, 3.63) is 18.0 Å². The maximum Gasteiger partial charge on any atom is 0.269 e. The van der Waals surface area contributed by atoms with Gasteiger partial charge >= 0.3 is 0 Å². The van der Waals surface area contributed by atoms with Crippen LogP contribution in [0.3, 0.4) is 0 Å². The fourth-order valence-corrected chi connectivity index (χ4v) is 1.80. The largest absolute Gasteiger partial charge is 0.346 e. The van der Waals surface area contributed by atoms with Crippen LogP contribution in [0.15, 0.2) is 12.3 Å². The molecule has 0 aliphatic heterocycles. The zero-order chi connectivity index (χ0) is 9.97. The van der Waals surface area contributed by atoms with Gasteiger partial charge in [-0.15, -0.1) is 0 Å². The highest BCUT2D eigenvalue weighted by Crippen LogP contribution is 2.17. The number of H-pyrrole nitrogens is 1. The molecule has 0 radical (unpaired) electrons. The SMILES string of the molecule is NC1CCCC1NC(=O)c1ccn[nH]1. The summed E-state index contributed by atoms with van der Waals surface area (Å²) >= 11 is 0. The van der Waals surface area contributed by atoms with Crippen molar-refractivity contribution < 1.29 is 4.79 Å². The van der Waals surface area contributed by atoms with E-state index in [-0.39, 0.29) is 18.0 Å². The fourth-order valence-electron chi connectivity index (χ4n) is 1.80. The number of nitrogens with two attached hydrogens (primary N) is 1. The van der Waals surface area contributed by atoms with E-state index < -0.39 is 0 Å². The lowest BCUT2D eigenvalue weighted by Crippen LogP contribution is -2.44. The van der Waals surface area contributed by atoms with E-state index in [9.17, 15) is 4.79 Å². The molecular formula is C9H14N4O. The molecule has 5 heteroatoms. The minimum Gasteiger partial charge on any atom is -0.346 e. The lowest BCUT2D eigenvalue weighted by molar-refractivity contribution is 0.0929. The summed E-state index contributed by atoms with van der Waals surface area (Å²) in [4.78, 5) is 11.6. The maximum atomic E-state index is 11.6. The Balaban J connectivity index is 1.95. The summed E-state index contributed by atoms with van der Waals surface area (Å²) in [7, 11) is 0. The third kappa shape index (κ3) is 1.77. The molecule has 1 aromatic heterocycles. The number of aromatic amines is 1. The molecular weight excluding hydrogens is 180 g/mol. The van der Waals surface area contributed by atoms with E-state index in [0.29, 0.717) is 5.69 Å². The summed E-state index contributed by atoms with van der Waals surface area (Å²) in [6.45, 7) is 0. The van der Waals surface area contributed by atoms with E-state index in [2.05, 4.69) is 15.5 Å². The molecule has 1 aliphatic rings. The van der Waals surface area contributed by atoms with Crippen molar-refractivity contribution in [2.45, 2.75) is 31.3 Å². The number of nitrogens with one attached hydrogen (secondary N) is 2. The fraction of sp³-hybridized carbons (Fsp3) is 0.556. The van der Waals surface area contributed by atoms with Gasteiger partial charge in [-0.05, 0) is 25.3 Å². The number of hydrogen-bond acceptors (Lipinski definition) is 3. The Labute approximate surface area is 82.1 Å². The highest BCUT2D eigenvalue weighted by molar-refractivity contribution is 5.92. The lowest BCUT2D eigenvalue weighted by Gasteiger charge is -2.16. The van der Waals surface area contributed by atoms with Crippen LogP contribution in [0, 0.1) is 0 Å². The van der Waals surface area contributed by atoms with Gasteiger partial charge in [-0.1, -0.05) is 0 Å². The number of nitrogens with zero attached hydrogens (tertiary/aromatic N) is 1. The second-order valence-electron chi connectivity index (χ2n) is 3.65. The molecule has 2 rings (SSSR count). The van der Waals surface area contributed by atoms with Gasteiger partial charge in [-0.25, -0.2) is 0 Å². The minimum absolute atomic E-state index is 0.0990. The van der Waals surface area contributed by atoms with Crippen molar-refractivity contribution in [3.8, 4) is 0 Å². The Morgan fingerprint density at radius 3 is 3.07 bits per heavy atom. The molecule has 1 amide bonds. The molecule has 1 fully saturated rings. The molecule has 0 saturated heterocycles. The Hall–Kier alpha value is -1.36. The van der Waals surface area contributed by atoms with Crippen LogP contribution in [0.1, 0.15) is 29.8 Å². The summed E-state index contributed by atoms with van der Waals surface area (Å²) in [5, 5.41) is 9.24. The Bertz CT molecular complexity index is 309. The van der Waals surface area contributed by atoms with Crippen LogP contribution in [0.5, 0.6) is 0 Å². The molecule has 76 valence electrons. The molecule has 4 N–H and O–H groups in total. The first-order valence-electron chi connectivity index (χ1n) is 4.83. The zero-order valence-electron chi connectivity index (χ0n) is 7.86. The van der Waals surface area contributed by atoms with E-state index in [1.165, 1.54) is 0 Å². The molecule has 1 heterocycles. The topological polar surface area (TPSA) is 83.8 Å². The van der Waals surface area contributed by atoms with Crippen molar-refractivity contribution in [2.75, 3.05) is 0 Å². The van der Waals surface area contributed by atoms with Crippen LogP contribution < -0.4 is 11.1 Å². The Morgan fingerprint density at radius 1 is 1.64 bits per heavy atom. The van der Waals surface area contributed by atoms with Gasteiger partial charge in [0.25, 0.3) is 5.91 Å². The number of aromatic nitrogens is 2. The average Bonchev–Trinajstić information content (AvgIpc) is 2.77. The van der Waals surface area contributed by atoms with Gasteiger partial charge in [0.1, 0.15) is 5.69 Å². The number of carbonyl (C=O) groups is 1. The summed E-state index contributed by atoms with van der Waals surface area (Å²) in [6.07, 6.45) is 4.62. The third-order valence-corrected chi connectivity index (χ3v) is 2.63. The van der Waals surface area contributed by atoms with E-state index in [4.69, 9.17) is 5.73 Å². The van der Waals surface area contributed by atoms with Crippen molar-refractivity contribution in [3.63, 3.8) is 0 Å². The first-order valence-corrected chi connectivity index (χ1v) is 4.83. The monoisotopic (exact) mass is 194 g/mol. The Kier molecular flexibility index (Phi) is 2.49. The normalized spacial score (nSPS) is 26.4. The average molecular weight is 194 g/mol. The summed E-state index contributed by atoms with van der Waals surface area (Å²) < 4.78 is 0. The van der Waals surface area contributed by atoms with Crippen LogP contribution in [-0.4, -0.2) is 28.2 Å². The van der Waals surface area contributed by atoms with Gasteiger partial charge in [-0.3, -0.25) is 9.89 Å². The van der Waals surface area contributed by atoms with Crippen LogP contribution in [0.25, 0.3) is 0 Å². The third-order valence-electron chi connectivity index (χ3n) is 2.63. The molecule has 1 aromatic rings. The second-order valence-corrected chi connectivity index (χ2v) is 3.65. The quantitative estimate of drug-likeness (QED) is 0.620. The molecule has 1 aliphatic carbocycles. The first kappa shape index (κ1) is 9.21. The van der Waals surface area contributed by atoms with Gasteiger partial charge in [-0.2, -0.15) is 5.10 Å². The van der Waals surface area contributed by atoms with Gasteiger partial charge in [0, 0.05) is 18.3 Å². The van der Waals surface area contributed by atoms with E-state index in [1.54, 1.807) is 12.3 Å².